The fourth-order valence-electron chi connectivity index (χ4n) is 0.913. The molecular weight excluding hydrogens is 167 g/mol. The molecule has 2 nitrogen and oxygen atoms in total. The van der Waals surface area contributed by atoms with Gasteiger partial charge in [-0.3, -0.25) is 0 Å². The van der Waals surface area contributed by atoms with Crippen molar-refractivity contribution in [2.75, 3.05) is 11.9 Å². The van der Waals surface area contributed by atoms with Crippen molar-refractivity contribution in [2.45, 2.75) is 12.8 Å². The molecule has 1 rings (SSSR count). The van der Waals surface area contributed by atoms with Crippen molar-refractivity contribution in [3.05, 3.63) is 24.1 Å². The highest BCUT2D eigenvalue weighted by Crippen LogP contribution is 2.07. The van der Waals surface area contributed by atoms with Crippen LogP contribution in [0.1, 0.15) is 12.8 Å². The minimum atomic E-state index is -0.330. The van der Waals surface area contributed by atoms with Crippen molar-refractivity contribution < 1.29 is 4.39 Å². The van der Waals surface area contributed by atoms with Crippen LogP contribution in [-0.4, -0.2) is 11.5 Å². The van der Waals surface area contributed by atoms with Gasteiger partial charge in [0.2, 0.25) is 0 Å². The van der Waals surface area contributed by atoms with Crippen LogP contribution in [0.15, 0.2) is 18.3 Å². The highest BCUT2D eigenvalue weighted by atomic mass is 19.1. The van der Waals surface area contributed by atoms with Gasteiger partial charge in [0, 0.05) is 19.2 Å². The first-order chi connectivity index (χ1) is 6.34. The van der Waals surface area contributed by atoms with E-state index in [9.17, 15) is 4.39 Å². The Morgan fingerprint density at radius 1 is 1.62 bits per heavy atom. The summed E-state index contributed by atoms with van der Waals surface area (Å²) >= 11 is 0. The number of nitrogens with zero attached hydrogens (tertiary/aromatic N) is 1. The number of unbranched alkanes of at least 4 members (excludes halogenated alkanes) is 1. The number of anilines is 1. The molecule has 0 saturated carbocycles. The topological polar surface area (TPSA) is 24.9 Å². The molecule has 13 heavy (non-hydrogen) atoms. The van der Waals surface area contributed by atoms with Crippen molar-refractivity contribution in [1.29, 1.82) is 0 Å². The van der Waals surface area contributed by atoms with E-state index in [0.717, 1.165) is 6.42 Å². The first-order valence-electron chi connectivity index (χ1n) is 4.12. The van der Waals surface area contributed by atoms with E-state index >= 15 is 0 Å². The molecule has 0 aliphatic rings. The predicted molar refractivity (Wildman–Crippen MR) is 50.8 cm³/mol. The number of pyridine rings is 1. The molecule has 1 N–H and O–H groups in total. The number of nitrogens with one attached hydrogen (secondary N) is 1. The zero-order valence-electron chi connectivity index (χ0n) is 7.26. The van der Waals surface area contributed by atoms with Crippen molar-refractivity contribution in [3.63, 3.8) is 0 Å². The third kappa shape index (κ3) is 3.12. The van der Waals surface area contributed by atoms with E-state index in [1.165, 1.54) is 6.07 Å². The Kier molecular flexibility index (Phi) is 3.77. The summed E-state index contributed by atoms with van der Waals surface area (Å²) in [7, 11) is 0. The van der Waals surface area contributed by atoms with Crippen molar-refractivity contribution in [1.82, 2.24) is 4.98 Å². The summed E-state index contributed by atoms with van der Waals surface area (Å²) in [5.74, 6) is 2.48. The van der Waals surface area contributed by atoms with Crippen LogP contribution in [0.25, 0.3) is 0 Å². The minimum absolute atomic E-state index is 0.291. The molecule has 1 heterocycles. The molecule has 0 atom stereocenters. The van der Waals surface area contributed by atoms with E-state index in [-0.39, 0.29) is 5.82 Å². The highest BCUT2D eigenvalue weighted by Gasteiger charge is 1.99. The molecule has 0 aromatic carbocycles. The summed E-state index contributed by atoms with van der Waals surface area (Å²) in [5, 5.41) is 2.87. The van der Waals surface area contributed by atoms with Crippen LogP contribution in [0.4, 0.5) is 10.2 Å². The van der Waals surface area contributed by atoms with Crippen molar-refractivity contribution >= 4 is 5.82 Å². The van der Waals surface area contributed by atoms with E-state index < -0.39 is 0 Å². The summed E-state index contributed by atoms with van der Waals surface area (Å²) in [4.78, 5) is 3.84. The van der Waals surface area contributed by atoms with E-state index in [4.69, 9.17) is 6.42 Å². The lowest BCUT2D eigenvalue weighted by Crippen LogP contribution is -2.04. The summed E-state index contributed by atoms with van der Waals surface area (Å²) in [6.45, 7) is 0.651. The largest absolute Gasteiger partial charge is 0.368 e. The first-order valence-corrected chi connectivity index (χ1v) is 4.12. The predicted octanol–water partition coefficient (Wildman–Crippen LogP) is 2.05. The Morgan fingerprint density at radius 2 is 2.46 bits per heavy atom. The molecule has 0 radical (unpaired) electrons. The lowest BCUT2D eigenvalue weighted by molar-refractivity contribution is 0.624. The Bertz CT molecular complexity index is 304. The highest BCUT2D eigenvalue weighted by molar-refractivity contribution is 5.35. The summed E-state index contributed by atoms with van der Waals surface area (Å²) < 4.78 is 12.9. The van der Waals surface area contributed by atoms with Gasteiger partial charge in [-0.15, -0.1) is 12.3 Å². The van der Waals surface area contributed by atoms with Gasteiger partial charge in [0.05, 0.1) is 0 Å². The zero-order valence-corrected chi connectivity index (χ0v) is 7.26. The lowest BCUT2D eigenvalue weighted by Gasteiger charge is -2.03. The molecule has 68 valence electrons. The smallest absolute Gasteiger partial charge is 0.165 e. The van der Waals surface area contributed by atoms with Gasteiger partial charge in [-0.1, -0.05) is 0 Å². The first kappa shape index (κ1) is 9.53. The molecule has 0 unspecified atom stereocenters. The molecule has 0 spiro atoms. The van der Waals surface area contributed by atoms with Crippen LogP contribution in [-0.2, 0) is 0 Å². The van der Waals surface area contributed by atoms with Crippen LogP contribution in [0, 0.1) is 18.2 Å². The molecule has 3 heteroatoms. The van der Waals surface area contributed by atoms with Gasteiger partial charge in [-0.2, -0.15) is 0 Å². The van der Waals surface area contributed by atoms with Crippen molar-refractivity contribution in [2.24, 2.45) is 0 Å². The van der Waals surface area contributed by atoms with Gasteiger partial charge < -0.3 is 5.32 Å². The Morgan fingerprint density at radius 3 is 3.15 bits per heavy atom. The zero-order chi connectivity index (χ0) is 9.52. The lowest BCUT2D eigenvalue weighted by atomic mass is 10.3. The van der Waals surface area contributed by atoms with Gasteiger partial charge in [0.25, 0.3) is 0 Å². The maximum Gasteiger partial charge on any atom is 0.165 e. The number of aromatic nitrogens is 1. The van der Waals surface area contributed by atoms with Gasteiger partial charge in [-0.05, 0) is 18.6 Å². The quantitative estimate of drug-likeness (QED) is 0.563. The third-order valence-corrected chi connectivity index (χ3v) is 1.55. The number of hydrogen-bond donors (Lipinski definition) is 1. The van der Waals surface area contributed by atoms with Gasteiger partial charge >= 0.3 is 0 Å². The van der Waals surface area contributed by atoms with Crippen LogP contribution in [0.2, 0.25) is 0 Å². The molecule has 0 aliphatic carbocycles. The summed E-state index contributed by atoms with van der Waals surface area (Å²) in [6.07, 6.45) is 8.14. The number of halogens is 1. The molecule has 0 saturated heterocycles. The molecule has 0 amide bonds. The average molecular weight is 178 g/mol. The third-order valence-electron chi connectivity index (χ3n) is 1.55. The molecular formula is C10H11FN2. The fourth-order valence-corrected chi connectivity index (χ4v) is 0.913. The minimum Gasteiger partial charge on any atom is -0.368 e. The Hall–Kier alpha value is -1.56. The summed E-state index contributed by atoms with van der Waals surface area (Å²) in [6, 6.07) is 2.93. The van der Waals surface area contributed by atoms with Crippen LogP contribution < -0.4 is 5.32 Å². The second-order valence-corrected chi connectivity index (χ2v) is 2.57. The Labute approximate surface area is 77.2 Å². The SMILES string of the molecule is C#CCCCNc1ncccc1F. The van der Waals surface area contributed by atoms with E-state index in [0.29, 0.717) is 18.8 Å². The van der Waals surface area contributed by atoms with Crippen LogP contribution in [0.3, 0.4) is 0 Å². The van der Waals surface area contributed by atoms with Gasteiger partial charge in [-0.25, -0.2) is 9.37 Å². The van der Waals surface area contributed by atoms with Gasteiger partial charge in [0.15, 0.2) is 11.6 Å². The molecule has 0 fully saturated rings. The Balaban J connectivity index is 2.37. The average Bonchev–Trinajstić information content (AvgIpc) is 2.15. The van der Waals surface area contributed by atoms with Crippen molar-refractivity contribution in [3.8, 4) is 12.3 Å². The monoisotopic (exact) mass is 178 g/mol. The van der Waals surface area contributed by atoms with E-state index in [1.807, 2.05) is 0 Å². The second kappa shape index (κ2) is 5.15. The number of rotatable bonds is 4. The molecule has 0 aliphatic heterocycles. The normalized spacial score (nSPS) is 9.23. The second-order valence-electron chi connectivity index (χ2n) is 2.57. The standard InChI is InChI=1S/C10H11FN2/c1-2-3-4-7-12-10-9(11)6-5-8-13-10/h1,5-6,8H,3-4,7H2,(H,12,13). The van der Waals surface area contributed by atoms with Crippen LogP contribution >= 0.6 is 0 Å². The maximum atomic E-state index is 12.9. The fraction of sp³-hybridized carbons (Fsp3) is 0.300. The number of hydrogen-bond acceptors (Lipinski definition) is 2. The summed E-state index contributed by atoms with van der Waals surface area (Å²) in [5.41, 5.74) is 0. The molecule has 1 aromatic heterocycles. The molecule has 1 aromatic rings. The van der Waals surface area contributed by atoms with Crippen LogP contribution in [0.5, 0.6) is 0 Å². The maximum absolute atomic E-state index is 12.9. The van der Waals surface area contributed by atoms with Gasteiger partial charge in [0.1, 0.15) is 0 Å². The molecule has 0 bridgehead atoms. The van der Waals surface area contributed by atoms with E-state index in [2.05, 4.69) is 16.2 Å². The van der Waals surface area contributed by atoms with E-state index in [1.54, 1.807) is 12.3 Å². The number of terminal acetylenes is 1.